The summed E-state index contributed by atoms with van der Waals surface area (Å²) in [6, 6.07) is 0. The number of hydrogen-bond donors (Lipinski definition) is 2. The highest BCUT2D eigenvalue weighted by molar-refractivity contribution is 5.27. The van der Waals surface area contributed by atoms with E-state index in [1.807, 2.05) is 6.92 Å². The topological polar surface area (TPSA) is 61.3 Å². The van der Waals surface area contributed by atoms with Crippen LogP contribution >= 0.6 is 0 Å². The Morgan fingerprint density at radius 1 is 1.00 bits per heavy atom. The number of allylic oxidation sites excluding steroid dienone is 5. The van der Waals surface area contributed by atoms with Crippen molar-refractivity contribution in [2.45, 2.75) is 112 Å². The first-order valence-electron chi connectivity index (χ1n) is 15.4. The molecule has 4 aliphatic carbocycles. The Balaban J connectivity index is 1.44. The standard InChI is InChI=1S/C34H56N2O/c1-8-26(35)21-32(36)24(5)37-27-16-18-33(6)25(20-27)12-13-28-30-15-14-29(23(4)11-9-10-22(2)3)34(30,7)19-17-31(28)33/h8,12-13,21-23,25,27-31H,1,9-11,14-20,35-36H2,2-7H3/b26-21+,32-24-. The lowest BCUT2D eigenvalue weighted by Gasteiger charge is -2.59. The zero-order valence-corrected chi connectivity index (χ0v) is 24.8. The number of hydrogen-bond acceptors (Lipinski definition) is 3. The van der Waals surface area contributed by atoms with Gasteiger partial charge in [0.2, 0.25) is 0 Å². The molecule has 4 N–H and O–H groups in total. The highest BCUT2D eigenvalue weighted by Gasteiger charge is 2.59. The van der Waals surface area contributed by atoms with Crippen LogP contribution in [0.5, 0.6) is 0 Å². The van der Waals surface area contributed by atoms with E-state index in [0.29, 0.717) is 28.1 Å². The van der Waals surface area contributed by atoms with Crippen LogP contribution in [-0.4, -0.2) is 6.10 Å². The number of fused-ring (bicyclic) bond motifs is 5. The number of rotatable bonds is 9. The second-order valence-corrected chi connectivity index (χ2v) is 14.2. The Hall–Kier alpha value is -1.64. The van der Waals surface area contributed by atoms with E-state index >= 15 is 0 Å². The molecule has 4 rings (SSSR count). The van der Waals surface area contributed by atoms with E-state index in [9.17, 15) is 0 Å². The van der Waals surface area contributed by atoms with Gasteiger partial charge in [0.05, 0.1) is 11.8 Å². The van der Waals surface area contributed by atoms with Crippen LogP contribution in [0.15, 0.2) is 48.0 Å². The minimum Gasteiger partial charge on any atom is -0.493 e. The largest absolute Gasteiger partial charge is 0.493 e. The van der Waals surface area contributed by atoms with Crippen LogP contribution in [0.25, 0.3) is 0 Å². The van der Waals surface area contributed by atoms with Crippen molar-refractivity contribution in [2.24, 2.45) is 63.7 Å². The van der Waals surface area contributed by atoms with E-state index in [2.05, 4.69) is 53.3 Å². The van der Waals surface area contributed by atoms with Crippen LogP contribution < -0.4 is 11.5 Å². The molecule has 0 saturated heterocycles. The highest BCUT2D eigenvalue weighted by atomic mass is 16.5. The quantitative estimate of drug-likeness (QED) is 0.186. The lowest BCUT2D eigenvalue weighted by Crippen LogP contribution is -2.52. The first-order valence-corrected chi connectivity index (χ1v) is 15.4. The van der Waals surface area contributed by atoms with Gasteiger partial charge >= 0.3 is 0 Å². The van der Waals surface area contributed by atoms with Crippen molar-refractivity contribution in [1.29, 1.82) is 0 Å². The molecule has 0 aromatic rings. The van der Waals surface area contributed by atoms with E-state index in [4.69, 9.17) is 16.2 Å². The molecule has 0 aromatic carbocycles. The fourth-order valence-corrected chi connectivity index (χ4v) is 9.37. The van der Waals surface area contributed by atoms with Crippen molar-refractivity contribution in [2.75, 3.05) is 0 Å². The summed E-state index contributed by atoms with van der Waals surface area (Å²) in [5, 5.41) is 0. The monoisotopic (exact) mass is 508 g/mol. The Bertz CT molecular complexity index is 915. The van der Waals surface area contributed by atoms with E-state index in [1.54, 1.807) is 12.2 Å². The van der Waals surface area contributed by atoms with Gasteiger partial charge in [-0.25, -0.2) is 0 Å². The van der Waals surface area contributed by atoms with Crippen LogP contribution in [0.3, 0.4) is 0 Å². The Labute approximate surface area is 228 Å². The summed E-state index contributed by atoms with van der Waals surface area (Å²) < 4.78 is 6.39. The molecule has 9 unspecified atom stereocenters. The molecule has 3 fully saturated rings. The average molecular weight is 509 g/mol. The molecular weight excluding hydrogens is 452 g/mol. The maximum Gasteiger partial charge on any atom is 0.116 e. The molecule has 9 atom stereocenters. The third kappa shape index (κ3) is 5.57. The predicted octanol–water partition coefficient (Wildman–Crippen LogP) is 8.49. The second-order valence-electron chi connectivity index (χ2n) is 14.2. The molecule has 3 nitrogen and oxygen atoms in total. The van der Waals surface area contributed by atoms with E-state index in [0.717, 1.165) is 54.1 Å². The molecule has 3 saturated carbocycles. The normalized spacial score (nSPS) is 40.9. The summed E-state index contributed by atoms with van der Waals surface area (Å²) in [5.41, 5.74) is 14.2. The molecule has 0 heterocycles. The summed E-state index contributed by atoms with van der Waals surface area (Å²) in [5.74, 6) is 6.48. The predicted molar refractivity (Wildman–Crippen MR) is 157 cm³/mol. The summed E-state index contributed by atoms with van der Waals surface area (Å²) in [6.45, 7) is 18.3. The van der Waals surface area contributed by atoms with Gasteiger partial charge in [0.15, 0.2) is 0 Å². The van der Waals surface area contributed by atoms with Gasteiger partial charge in [-0.3, -0.25) is 0 Å². The molecule has 3 heteroatoms. The maximum absolute atomic E-state index is 6.39. The van der Waals surface area contributed by atoms with Crippen LogP contribution in [-0.2, 0) is 4.74 Å². The van der Waals surface area contributed by atoms with Crippen LogP contribution in [0.2, 0.25) is 0 Å². The summed E-state index contributed by atoms with van der Waals surface area (Å²) >= 11 is 0. The van der Waals surface area contributed by atoms with Gasteiger partial charge in [0.25, 0.3) is 0 Å². The van der Waals surface area contributed by atoms with Crippen LogP contribution in [0.1, 0.15) is 106 Å². The molecular formula is C34H56N2O. The Morgan fingerprint density at radius 2 is 1.70 bits per heavy atom. The highest BCUT2D eigenvalue weighted by Crippen LogP contribution is 2.67. The van der Waals surface area contributed by atoms with Crippen molar-refractivity contribution in [3.63, 3.8) is 0 Å². The molecule has 4 aliphatic rings. The minimum atomic E-state index is 0.229. The third-order valence-electron chi connectivity index (χ3n) is 11.6. The third-order valence-corrected chi connectivity index (χ3v) is 11.6. The molecule has 0 radical (unpaired) electrons. The molecule has 0 amide bonds. The fourth-order valence-electron chi connectivity index (χ4n) is 9.37. The Morgan fingerprint density at radius 3 is 2.41 bits per heavy atom. The first-order chi connectivity index (χ1) is 17.5. The molecule has 0 aliphatic heterocycles. The zero-order valence-electron chi connectivity index (χ0n) is 24.8. The summed E-state index contributed by atoms with van der Waals surface area (Å²) in [7, 11) is 0. The summed E-state index contributed by atoms with van der Waals surface area (Å²) in [6.07, 6.45) is 22.3. The lowest BCUT2D eigenvalue weighted by atomic mass is 9.46. The number of ether oxygens (including phenoxy) is 1. The molecule has 37 heavy (non-hydrogen) atoms. The van der Waals surface area contributed by atoms with Gasteiger partial charge in [-0.1, -0.05) is 72.6 Å². The van der Waals surface area contributed by atoms with E-state index < -0.39 is 0 Å². The van der Waals surface area contributed by atoms with Crippen molar-refractivity contribution < 1.29 is 4.74 Å². The van der Waals surface area contributed by atoms with Gasteiger partial charge in [-0.05, 0) is 116 Å². The maximum atomic E-state index is 6.39. The minimum absolute atomic E-state index is 0.229. The first kappa shape index (κ1) is 28.4. The Kier molecular flexibility index (Phi) is 8.61. The smallest absolute Gasteiger partial charge is 0.116 e. The molecule has 0 aromatic heterocycles. The molecule has 0 spiro atoms. The summed E-state index contributed by atoms with van der Waals surface area (Å²) in [4.78, 5) is 0. The van der Waals surface area contributed by atoms with Crippen LogP contribution in [0.4, 0.5) is 0 Å². The lowest BCUT2D eigenvalue weighted by molar-refractivity contribution is -0.0851. The van der Waals surface area contributed by atoms with Crippen molar-refractivity contribution in [3.8, 4) is 0 Å². The fraction of sp³-hybridized carbons (Fsp3) is 0.765. The van der Waals surface area contributed by atoms with E-state index in [-0.39, 0.29) is 6.10 Å². The van der Waals surface area contributed by atoms with Crippen molar-refractivity contribution in [3.05, 3.63) is 48.0 Å². The second kappa shape index (κ2) is 11.2. The SMILES string of the molecule is C=C/C(N)=C\C(N)=C(/C)OC1CCC2(C)C(C=CC3C2CCC2(C)C(C(C)CCCC(C)C)CCC32)C1. The van der Waals surface area contributed by atoms with Crippen LogP contribution in [0, 0.1) is 52.3 Å². The zero-order chi connectivity index (χ0) is 27.0. The van der Waals surface area contributed by atoms with Crippen molar-refractivity contribution >= 4 is 0 Å². The van der Waals surface area contributed by atoms with Gasteiger partial charge < -0.3 is 16.2 Å². The van der Waals surface area contributed by atoms with Gasteiger partial charge in [-0.2, -0.15) is 0 Å². The molecule has 208 valence electrons. The van der Waals surface area contributed by atoms with Gasteiger partial charge in [0.1, 0.15) is 5.76 Å². The van der Waals surface area contributed by atoms with Gasteiger partial charge in [0, 0.05) is 5.70 Å². The van der Waals surface area contributed by atoms with Crippen molar-refractivity contribution in [1.82, 2.24) is 0 Å². The average Bonchev–Trinajstić information content (AvgIpc) is 3.21. The van der Waals surface area contributed by atoms with E-state index in [1.165, 1.54) is 51.4 Å². The van der Waals surface area contributed by atoms with Gasteiger partial charge in [-0.15, -0.1) is 0 Å². The molecule has 0 bridgehead atoms. The number of nitrogens with two attached hydrogens (primary N) is 2.